The molecule has 0 saturated heterocycles. The molecule has 2 aromatic carbocycles. The minimum absolute atomic E-state index is 0.419. The fourth-order valence-electron chi connectivity index (χ4n) is 3.14. The molecule has 0 aliphatic heterocycles. The smallest absolute Gasteiger partial charge is 0.335 e. The van der Waals surface area contributed by atoms with E-state index in [2.05, 4.69) is 12.1 Å². The Kier molecular flexibility index (Phi) is 2.78. The van der Waals surface area contributed by atoms with Crippen LogP contribution in [0.5, 0.6) is 0 Å². The van der Waals surface area contributed by atoms with Crippen LogP contribution in [-0.2, 0) is 0 Å². The van der Waals surface area contributed by atoms with Crippen molar-refractivity contribution in [3.05, 3.63) is 47.5 Å². The van der Waals surface area contributed by atoms with Gasteiger partial charge in [-0.05, 0) is 41.2 Å². The molecule has 2 nitrogen and oxygen atoms in total. The number of carboxylic acids is 1. The Labute approximate surface area is 106 Å². The summed E-state index contributed by atoms with van der Waals surface area (Å²) < 4.78 is 0. The van der Waals surface area contributed by atoms with Gasteiger partial charge in [0.2, 0.25) is 0 Å². The minimum atomic E-state index is -0.803. The third-order valence-electron chi connectivity index (χ3n) is 3.96. The van der Waals surface area contributed by atoms with Gasteiger partial charge >= 0.3 is 5.97 Å². The molecule has 0 unspecified atom stereocenters. The van der Waals surface area contributed by atoms with E-state index in [0.29, 0.717) is 11.5 Å². The summed E-state index contributed by atoms with van der Waals surface area (Å²) in [5.74, 6) is -0.384. The second-order valence-corrected chi connectivity index (χ2v) is 5.03. The van der Waals surface area contributed by atoms with Crippen LogP contribution in [0.1, 0.15) is 47.5 Å². The first kappa shape index (κ1) is 11.3. The number of hydrogen-bond donors (Lipinski definition) is 1. The molecule has 1 aliphatic rings. The second kappa shape index (κ2) is 4.45. The maximum absolute atomic E-state index is 11.4. The van der Waals surface area contributed by atoms with Gasteiger partial charge in [-0.1, -0.05) is 43.2 Å². The Morgan fingerprint density at radius 1 is 1.06 bits per heavy atom. The zero-order chi connectivity index (χ0) is 12.5. The molecule has 0 atom stereocenters. The summed E-state index contributed by atoms with van der Waals surface area (Å²) in [6.45, 7) is 0. The van der Waals surface area contributed by atoms with Crippen LogP contribution in [0.25, 0.3) is 10.8 Å². The van der Waals surface area contributed by atoms with E-state index >= 15 is 0 Å². The number of aromatic carboxylic acids is 1. The fourth-order valence-corrected chi connectivity index (χ4v) is 3.14. The molecule has 2 aromatic rings. The molecule has 0 heterocycles. The van der Waals surface area contributed by atoms with E-state index in [0.717, 1.165) is 29.2 Å². The number of hydrogen-bond acceptors (Lipinski definition) is 1. The van der Waals surface area contributed by atoms with E-state index in [9.17, 15) is 9.90 Å². The molecule has 1 aliphatic carbocycles. The quantitative estimate of drug-likeness (QED) is 0.854. The topological polar surface area (TPSA) is 37.3 Å². The largest absolute Gasteiger partial charge is 0.478 e. The van der Waals surface area contributed by atoms with Crippen molar-refractivity contribution in [3.63, 3.8) is 0 Å². The van der Waals surface area contributed by atoms with Crippen LogP contribution in [0.4, 0.5) is 0 Å². The third kappa shape index (κ3) is 1.78. The molecule has 2 heteroatoms. The van der Waals surface area contributed by atoms with Crippen LogP contribution < -0.4 is 0 Å². The molecule has 1 fully saturated rings. The van der Waals surface area contributed by atoms with Crippen LogP contribution >= 0.6 is 0 Å². The van der Waals surface area contributed by atoms with Gasteiger partial charge in [0, 0.05) is 0 Å². The Bertz CT molecular complexity index is 595. The molecule has 0 bridgehead atoms. The van der Waals surface area contributed by atoms with Gasteiger partial charge in [0.25, 0.3) is 0 Å². The maximum Gasteiger partial charge on any atom is 0.335 e. The Morgan fingerprint density at radius 2 is 1.78 bits per heavy atom. The van der Waals surface area contributed by atoms with Gasteiger partial charge < -0.3 is 5.11 Å². The van der Waals surface area contributed by atoms with Gasteiger partial charge in [-0.15, -0.1) is 0 Å². The summed E-state index contributed by atoms with van der Waals surface area (Å²) in [6.07, 6.45) is 4.67. The van der Waals surface area contributed by atoms with E-state index in [1.165, 1.54) is 12.8 Å². The van der Waals surface area contributed by atoms with E-state index in [1.807, 2.05) is 18.2 Å². The van der Waals surface area contributed by atoms with E-state index < -0.39 is 5.97 Å². The van der Waals surface area contributed by atoms with Gasteiger partial charge in [0.15, 0.2) is 0 Å². The van der Waals surface area contributed by atoms with Crippen LogP contribution in [0.15, 0.2) is 36.4 Å². The summed E-state index contributed by atoms with van der Waals surface area (Å²) >= 11 is 0. The lowest BCUT2D eigenvalue weighted by Crippen LogP contribution is -2.06. The normalized spacial score (nSPS) is 16.2. The highest BCUT2D eigenvalue weighted by Gasteiger charge is 2.24. The SMILES string of the molecule is O=C(O)c1ccc2ccccc2c1C1CCCC1. The Hall–Kier alpha value is -1.83. The average Bonchev–Trinajstić information content (AvgIpc) is 2.90. The average molecular weight is 240 g/mol. The first-order valence-corrected chi connectivity index (χ1v) is 6.52. The predicted octanol–water partition coefficient (Wildman–Crippen LogP) is 4.20. The van der Waals surface area contributed by atoms with Crippen LogP contribution in [0, 0.1) is 0 Å². The van der Waals surface area contributed by atoms with Crippen molar-refractivity contribution >= 4 is 16.7 Å². The summed E-state index contributed by atoms with van der Waals surface area (Å²) in [5, 5.41) is 11.6. The van der Waals surface area contributed by atoms with E-state index in [-0.39, 0.29) is 0 Å². The summed E-state index contributed by atoms with van der Waals surface area (Å²) in [4.78, 5) is 11.4. The lowest BCUT2D eigenvalue weighted by molar-refractivity contribution is 0.0695. The van der Waals surface area contributed by atoms with Crippen molar-refractivity contribution < 1.29 is 9.90 Å². The minimum Gasteiger partial charge on any atom is -0.478 e. The van der Waals surface area contributed by atoms with Gasteiger partial charge in [-0.25, -0.2) is 4.79 Å². The Morgan fingerprint density at radius 3 is 2.50 bits per heavy atom. The van der Waals surface area contributed by atoms with Crippen molar-refractivity contribution in [2.45, 2.75) is 31.6 Å². The van der Waals surface area contributed by atoms with Crippen molar-refractivity contribution in [2.75, 3.05) is 0 Å². The summed E-state index contributed by atoms with van der Waals surface area (Å²) in [7, 11) is 0. The van der Waals surface area contributed by atoms with Crippen molar-refractivity contribution in [2.24, 2.45) is 0 Å². The van der Waals surface area contributed by atoms with Crippen LogP contribution in [0.3, 0.4) is 0 Å². The predicted molar refractivity (Wildman–Crippen MR) is 72.1 cm³/mol. The number of fused-ring (bicyclic) bond motifs is 1. The van der Waals surface area contributed by atoms with Gasteiger partial charge in [-0.2, -0.15) is 0 Å². The molecule has 0 amide bonds. The van der Waals surface area contributed by atoms with Gasteiger partial charge in [0.05, 0.1) is 5.56 Å². The molecule has 1 saturated carbocycles. The number of rotatable bonds is 2. The lowest BCUT2D eigenvalue weighted by atomic mass is 9.88. The molecule has 0 radical (unpaired) electrons. The summed E-state index contributed by atoms with van der Waals surface area (Å²) in [5.41, 5.74) is 1.54. The number of carbonyl (C=O) groups is 1. The van der Waals surface area contributed by atoms with Crippen LogP contribution in [-0.4, -0.2) is 11.1 Å². The maximum atomic E-state index is 11.4. The summed E-state index contributed by atoms with van der Waals surface area (Å²) in [6, 6.07) is 11.8. The fraction of sp³-hybridized carbons (Fsp3) is 0.312. The molecule has 3 rings (SSSR count). The second-order valence-electron chi connectivity index (χ2n) is 5.03. The van der Waals surface area contributed by atoms with Crippen molar-refractivity contribution in [3.8, 4) is 0 Å². The highest BCUT2D eigenvalue weighted by atomic mass is 16.4. The zero-order valence-corrected chi connectivity index (χ0v) is 10.2. The molecule has 1 N–H and O–H groups in total. The lowest BCUT2D eigenvalue weighted by Gasteiger charge is -2.16. The van der Waals surface area contributed by atoms with E-state index in [1.54, 1.807) is 6.07 Å². The van der Waals surface area contributed by atoms with Crippen molar-refractivity contribution in [1.82, 2.24) is 0 Å². The first-order valence-electron chi connectivity index (χ1n) is 6.52. The monoisotopic (exact) mass is 240 g/mol. The highest BCUT2D eigenvalue weighted by Crippen LogP contribution is 2.39. The van der Waals surface area contributed by atoms with Gasteiger partial charge in [0.1, 0.15) is 0 Å². The highest BCUT2D eigenvalue weighted by molar-refractivity contribution is 5.98. The molecule has 0 spiro atoms. The number of carboxylic acid groups (broad SMARTS) is 1. The van der Waals surface area contributed by atoms with E-state index in [4.69, 9.17) is 0 Å². The third-order valence-corrected chi connectivity index (χ3v) is 3.96. The first-order chi connectivity index (χ1) is 8.77. The number of benzene rings is 2. The van der Waals surface area contributed by atoms with Crippen molar-refractivity contribution in [1.29, 1.82) is 0 Å². The van der Waals surface area contributed by atoms with Crippen LogP contribution in [0.2, 0.25) is 0 Å². The molecule has 18 heavy (non-hydrogen) atoms. The molecule has 0 aromatic heterocycles. The molecular weight excluding hydrogens is 224 g/mol. The van der Waals surface area contributed by atoms with Gasteiger partial charge in [-0.3, -0.25) is 0 Å². The molecular formula is C16H16O2. The zero-order valence-electron chi connectivity index (χ0n) is 10.2. The Balaban J connectivity index is 2.28. The standard InChI is InChI=1S/C16H16O2/c17-16(18)14-10-9-11-5-3-4-8-13(11)15(14)12-6-1-2-7-12/h3-5,8-10,12H,1-2,6-7H2,(H,17,18). The molecule has 92 valence electrons.